The van der Waals surface area contributed by atoms with Gasteiger partial charge in [-0.2, -0.15) is 0 Å². The number of hydrogen-bond acceptors (Lipinski definition) is 3. The lowest BCUT2D eigenvalue weighted by Gasteiger charge is -2.11. The lowest BCUT2D eigenvalue weighted by molar-refractivity contribution is -0.144. The van der Waals surface area contributed by atoms with Crippen LogP contribution in [-0.2, 0) is 9.53 Å². The van der Waals surface area contributed by atoms with Crippen LogP contribution in [0.5, 0.6) is 0 Å². The van der Waals surface area contributed by atoms with Crippen molar-refractivity contribution in [3.05, 3.63) is 29.8 Å². The summed E-state index contributed by atoms with van der Waals surface area (Å²) in [5.74, 6) is 1.72. The standard InChI is InChI=1S/C14H16N2O3/c1-4-11-6-5-7-12(8-11)16-14(18)15-9-10(2)13(17)19-3/h1,5-8,10H,9H2,2-3H3,(H2,15,16,18)/t10-/m0/s1. The summed E-state index contributed by atoms with van der Waals surface area (Å²) in [5, 5.41) is 5.21. The number of urea groups is 1. The normalized spacial score (nSPS) is 11.0. The highest BCUT2D eigenvalue weighted by molar-refractivity contribution is 5.89. The molecule has 0 bridgehead atoms. The van der Waals surface area contributed by atoms with Crippen molar-refractivity contribution in [2.75, 3.05) is 19.0 Å². The fourth-order valence-electron chi connectivity index (χ4n) is 1.39. The number of nitrogens with one attached hydrogen (secondary N) is 2. The third-order valence-corrected chi connectivity index (χ3v) is 2.46. The Labute approximate surface area is 112 Å². The second-order valence-electron chi connectivity index (χ2n) is 3.98. The van der Waals surface area contributed by atoms with Gasteiger partial charge in [0.05, 0.1) is 13.0 Å². The summed E-state index contributed by atoms with van der Waals surface area (Å²) in [7, 11) is 1.31. The van der Waals surface area contributed by atoms with Gasteiger partial charge in [0.25, 0.3) is 0 Å². The monoisotopic (exact) mass is 260 g/mol. The second kappa shape index (κ2) is 7.07. The van der Waals surface area contributed by atoms with Gasteiger partial charge < -0.3 is 15.4 Å². The van der Waals surface area contributed by atoms with E-state index in [1.165, 1.54) is 7.11 Å². The van der Waals surface area contributed by atoms with Crippen molar-refractivity contribution in [1.82, 2.24) is 5.32 Å². The highest BCUT2D eigenvalue weighted by Crippen LogP contribution is 2.09. The van der Waals surface area contributed by atoms with Gasteiger partial charge in [-0.15, -0.1) is 6.42 Å². The number of rotatable bonds is 4. The summed E-state index contributed by atoms with van der Waals surface area (Å²) in [6, 6.07) is 6.53. The zero-order chi connectivity index (χ0) is 14.3. The third-order valence-electron chi connectivity index (χ3n) is 2.46. The van der Waals surface area contributed by atoms with Crippen LogP contribution >= 0.6 is 0 Å². The summed E-state index contributed by atoms with van der Waals surface area (Å²) < 4.78 is 4.56. The lowest BCUT2D eigenvalue weighted by Crippen LogP contribution is -2.35. The molecular weight excluding hydrogens is 244 g/mol. The molecule has 0 spiro atoms. The summed E-state index contributed by atoms with van der Waals surface area (Å²) in [6.45, 7) is 1.87. The van der Waals surface area contributed by atoms with Crippen LogP contribution < -0.4 is 10.6 Å². The average molecular weight is 260 g/mol. The fourth-order valence-corrected chi connectivity index (χ4v) is 1.39. The zero-order valence-corrected chi connectivity index (χ0v) is 10.9. The van der Waals surface area contributed by atoms with Crippen LogP contribution in [0.3, 0.4) is 0 Å². The van der Waals surface area contributed by atoms with Crippen LogP contribution in [0.2, 0.25) is 0 Å². The number of terminal acetylenes is 1. The number of amides is 2. The molecule has 0 fully saturated rings. The number of methoxy groups -OCH3 is 1. The van der Waals surface area contributed by atoms with E-state index in [4.69, 9.17) is 6.42 Å². The molecule has 1 aromatic rings. The van der Waals surface area contributed by atoms with Crippen molar-refractivity contribution in [3.63, 3.8) is 0 Å². The van der Waals surface area contributed by atoms with Gasteiger partial charge in [-0.1, -0.05) is 18.9 Å². The molecule has 5 heteroatoms. The Balaban J connectivity index is 2.47. The van der Waals surface area contributed by atoms with Crippen LogP contribution in [0.4, 0.5) is 10.5 Å². The van der Waals surface area contributed by atoms with Crippen molar-refractivity contribution in [2.45, 2.75) is 6.92 Å². The largest absolute Gasteiger partial charge is 0.469 e. The predicted molar refractivity (Wildman–Crippen MR) is 72.6 cm³/mol. The van der Waals surface area contributed by atoms with E-state index in [0.717, 1.165) is 0 Å². The minimum absolute atomic E-state index is 0.202. The molecule has 100 valence electrons. The first kappa shape index (κ1) is 14.6. The number of esters is 1. The highest BCUT2D eigenvalue weighted by atomic mass is 16.5. The van der Waals surface area contributed by atoms with E-state index in [0.29, 0.717) is 11.3 Å². The number of carbonyl (C=O) groups excluding carboxylic acids is 2. The van der Waals surface area contributed by atoms with E-state index < -0.39 is 11.9 Å². The molecule has 1 atom stereocenters. The summed E-state index contributed by atoms with van der Waals surface area (Å²) in [5.41, 5.74) is 1.28. The van der Waals surface area contributed by atoms with Gasteiger partial charge >= 0.3 is 12.0 Å². The Hall–Kier alpha value is -2.48. The molecule has 0 aromatic heterocycles. The zero-order valence-electron chi connectivity index (χ0n) is 10.9. The Morgan fingerprint density at radius 3 is 2.84 bits per heavy atom. The molecule has 0 radical (unpaired) electrons. The third kappa shape index (κ3) is 4.72. The van der Waals surface area contributed by atoms with Crippen molar-refractivity contribution in [3.8, 4) is 12.3 Å². The van der Waals surface area contributed by atoms with Gasteiger partial charge in [0.15, 0.2) is 0 Å². The van der Waals surface area contributed by atoms with E-state index in [-0.39, 0.29) is 12.5 Å². The van der Waals surface area contributed by atoms with Gasteiger partial charge in [0.2, 0.25) is 0 Å². The van der Waals surface area contributed by atoms with Crippen LogP contribution in [0.1, 0.15) is 12.5 Å². The molecule has 2 N–H and O–H groups in total. The molecule has 0 aliphatic rings. The van der Waals surface area contributed by atoms with Crippen molar-refractivity contribution in [2.24, 2.45) is 5.92 Å². The number of anilines is 1. The van der Waals surface area contributed by atoms with Crippen LogP contribution in [0.25, 0.3) is 0 Å². The number of hydrogen-bond donors (Lipinski definition) is 2. The first-order valence-electron chi connectivity index (χ1n) is 5.76. The predicted octanol–water partition coefficient (Wildman–Crippen LogP) is 1.60. The Bertz CT molecular complexity index is 506. The van der Waals surface area contributed by atoms with Gasteiger partial charge in [-0.25, -0.2) is 4.79 Å². The molecule has 0 aliphatic heterocycles. The van der Waals surface area contributed by atoms with Gasteiger partial charge in [-0.3, -0.25) is 4.79 Å². The summed E-state index contributed by atoms with van der Waals surface area (Å²) in [4.78, 5) is 22.8. The van der Waals surface area contributed by atoms with E-state index in [2.05, 4.69) is 21.3 Å². The van der Waals surface area contributed by atoms with Gasteiger partial charge in [-0.05, 0) is 18.2 Å². The molecule has 1 rings (SSSR count). The minimum Gasteiger partial charge on any atom is -0.469 e. The fraction of sp³-hybridized carbons (Fsp3) is 0.286. The van der Waals surface area contributed by atoms with Crippen LogP contribution in [0.15, 0.2) is 24.3 Å². The van der Waals surface area contributed by atoms with E-state index in [9.17, 15) is 9.59 Å². The molecule has 0 heterocycles. The SMILES string of the molecule is C#Cc1cccc(NC(=O)NC[C@H](C)C(=O)OC)c1. The first-order valence-corrected chi connectivity index (χ1v) is 5.76. The molecule has 1 aromatic carbocycles. The van der Waals surface area contributed by atoms with Gasteiger partial charge in [0.1, 0.15) is 0 Å². The number of ether oxygens (including phenoxy) is 1. The molecule has 2 amide bonds. The maximum atomic E-state index is 11.6. The van der Waals surface area contributed by atoms with E-state index >= 15 is 0 Å². The molecule has 0 aliphatic carbocycles. The molecule has 0 unspecified atom stereocenters. The quantitative estimate of drug-likeness (QED) is 0.638. The second-order valence-corrected chi connectivity index (χ2v) is 3.98. The summed E-state index contributed by atoms with van der Waals surface area (Å²) >= 11 is 0. The molecule has 5 nitrogen and oxygen atoms in total. The van der Waals surface area contributed by atoms with Crippen molar-refractivity contribution < 1.29 is 14.3 Å². The molecule has 19 heavy (non-hydrogen) atoms. The smallest absolute Gasteiger partial charge is 0.319 e. The maximum absolute atomic E-state index is 11.6. The molecular formula is C14H16N2O3. The maximum Gasteiger partial charge on any atom is 0.319 e. The lowest BCUT2D eigenvalue weighted by atomic mass is 10.2. The summed E-state index contributed by atoms with van der Waals surface area (Å²) in [6.07, 6.45) is 5.27. The van der Waals surface area contributed by atoms with E-state index in [1.54, 1.807) is 31.2 Å². The average Bonchev–Trinajstić information content (AvgIpc) is 2.44. The van der Waals surface area contributed by atoms with E-state index in [1.807, 2.05) is 0 Å². The molecule has 0 saturated carbocycles. The highest BCUT2D eigenvalue weighted by Gasteiger charge is 2.13. The van der Waals surface area contributed by atoms with Crippen molar-refractivity contribution in [1.29, 1.82) is 0 Å². The Kier molecular flexibility index (Phi) is 5.42. The molecule has 0 saturated heterocycles. The van der Waals surface area contributed by atoms with Crippen LogP contribution in [0, 0.1) is 18.3 Å². The first-order chi connectivity index (χ1) is 9.06. The number of carbonyl (C=O) groups is 2. The Morgan fingerprint density at radius 1 is 1.47 bits per heavy atom. The number of benzene rings is 1. The van der Waals surface area contributed by atoms with Crippen molar-refractivity contribution >= 4 is 17.7 Å². The Morgan fingerprint density at radius 2 is 2.21 bits per heavy atom. The van der Waals surface area contributed by atoms with Crippen LogP contribution in [-0.4, -0.2) is 25.7 Å². The topological polar surface area (TPSA) is 67.4 Å². The minimum atomic E-state index is -0.398. The van der Waals surface area contributed by atoms with Gasteiger partial charge in [0, 0.05) is 17.8 Å².